The number of imide groups is 1. The normalized spacial score (nSPS) is 22.9. The van der Waals surface area contributed by atoms with Crippen molar-refractivity contribution in [2.75, 3.05) is 0 Å². The molecule has 1 saturated heterocycles. The van der Waals surface area contributed by atoms with Crippen LogP contribution in [0.15, 0.2) is 24.3 Å². The Labute approximate surface area is 119 Å². The van der Waals surface area contributed by atoms with Crippen LogP contribution in [-0.4, -0.2) is 21.8 Å². The number of hydrogen-bond donors (Lipinski definition) is 1. The van der Waals surface area contributed by atoms with Crippen LogP contribution < -0.4 is 0 Å². The van der Waals surface area contributed by atoms with Gasteiger partial charge in [-0.2, -0.15) is 0 Å². The lowest BCUT2D eigenvalue weighted by Crippen LogP contribution is -2.36. The Bertz CT molecular complexity index is 538. The molecule has 0 saturated carbocycles. The van der Waals surface area contributed by atoms with Crippen molar-refractivity contribution in [3.8, 4) is 0 Å². The van der Waals surface area contributed by atoms with Crippen LogP contribution in [0.1, 0.15) is 38.3 Å². The summed E-state index contributed by atoms with van der Waals surface area (Å²) in [6.45, 7) is 6.05. The third-order valence-corrected chi connectivity index (χ3v) is 4.34. The third kappa shape index (κ3) is 2.48. The molecule has 1 fully saturated rings. The maximum absolute atomic E-state index is 12.5. The van der Waals surface area contributed by atoms with E-state index in [-0.39, 0.29) is 37.3 Å². The van der Waals surface area contributed by atoms with E-state index >= 15 is 0 Å². The van der Waals surface area contributed by atoms with Gasteiger partial charge in [0.25, 0.3) is 0 Å². The summed E-state index contributed by atoms with van der Waals surface area (Å²) in [6.07, 6.45) is 0.281. The summed E-state index contributed by atoms with van der Waals surface area (Å²) in [5.41, 5.74) is 1.06. The van der Waals surface area contributed by atoms with Crippen molar-refractivity contribution in [3.63, 3.8) is 0 Å². The van der Waals surface area contributed by atoms with E-state index in [1.165, 1.54) is 4.90 Å². The zero-order valence-electron chi connectivity index (χ0n) is 12.2. The molecule has 1 atom stereocenters. The SMILES string of the molecule is CC(C)C1(C)CC(=O)N(Cc2cccc(CO)c2)C1=O. The Morgan fingerprint density at radius 1 is 1.30 bits per heavy atom. The Morgan fingerprint density at radius 2 is 1.95 bits per heavy atom. The molecule has 2 rings (SSSR count). The van der Waals surface area contributed by atoms with E-state index in [0.29, 0.717) is 0 Å². The van der Waals surface area contributed by atoms with Gasteiger partial charge >= 0.3 is 0 Å². The zero-order valence-corrected chi connectivity index (χ0v) is 12.2. The fourth-order valence-corrected chi connectivity index (χ4v) is 2.53. The predicted molar refractivity (Wildman–Crippen MR) is 75.5 cm³/mol. The van der Waals surface area contributed by atoms with Gasteiger partial charge in [0.1, 0.15) is 0 Å². The van der Waals surface area contributed by atoms with E-state index in [9.17, 15) is 9.59 Å². The quantitative estimate of drug-likeness (QED) is 0.856. The van der Waals surface area contributed by atoms with Gasteiger partial charge in [0.05, 0.1) is 18.6 Å². The van der Waals surface area contributed by atoms with Crippen LogP contribution in [0, 0.1) is 11.3 Å². The Hall–Kier alpha value is -1.68. The molecule has 0 bridgehead atoms. The first kappa shape index (κ1) is 14.7. The predicted octanol–water partition coefficient (Wildman–Crippen LogP) is 2.10. The molecule has 0 aliphatic carbocycles. The fraction of sp³-hybridized carbons (Fsp3) is 0.500. The second-order valence-electron chi connectivity index (χ2n) is 6.01. The molecule has 4 nitrogen and oxygen atoms in total. The van der Waals surface area contributed by atoms with Gasteiger partial charge in [-0.15, -0.1) is 0 Å². The number of aliphatic hydroxyl groups is 1. The molecule has 1 aliphatic rings. The fourth-order valence-electron chi connectivity index (χ4n) is 2.53. The number of hydrogen-bond acceptors (Lipinski definition) is 3. The van der Waals surface area contributed by atoms with Crippen molar-refractivity contribution >= 4 is 11.8 Å². The second-order valence-corrected chi connectivity index (χ2v) is 6.01. The molecule has 1 heterocycles. The molecule has 1 aromatic carbocycles. The minimum atomic E-state index is -0.592. The summed E-state index contributed by atoms with van der Waals surface area (Å²) >= 11 is 0. The number of likely N-dealkylation sites (tertiary alicyclic amines) is 1. The molecular weight excluding hydrogens is 254 g/mol. The average Bonchev–Trinajstić information content (AvgIpc) is 2.64. The number of nitrogens with zero attached hydrogens (tertiary/aromatic N) is 1. The van der Waals surface area contributed by atoms with E-state index in [2.05, 4.69) is 0 Å². The van der Waals surface area contributed by atoms with Crippen LogP contribution >= 0.6 is 0 Å². The summed E-state index contributed by atoms with van der Waals surface area (Å²) in [4.78, 5) is 26.0. The standard InChI is InChI=1S/C16H21NO3/c1-11(2)16(3)8-14(19)17(15(16)20)9-12-5-4-6-13(7-12)10-18/h4-7,11,18H,8-10H2,1-3H3. The van der Waals surface area contributed by atoms with Crippen LogP contribution in [0.5, 0.6) is 0 Å². The van der Waals surface area contributed by atoms with Crippen molar-refractivity contribution in [3.05, 3.63) is 35.4 Å². The molecule has 0 spiro atoms. The van der Waals surface area contributed by atoms with Crippen LogP contribution in [0.4, 0.5) is 0 Å². The largest absolute Gasteiger partial charge is 0.392 e. The lowest BCUT2D eigenvalue weighted by atomic mass is 9.78. The Morgan fingerprint density at radius 3 is 2.50 bits per heavy atom. The third-order valence-electron chi connectivity index (χ3n) is 4.34. The molecule has 1 N–H and O–H groups in total. The second kappa shape index (κ2) is 5.37. The first-order chi connectivity index (χ1) is 9.38. The molecule has 20 heavy (non-hydrogen) atoms. The average molecular weight is 275 g/mol. The Balaban J connectivity index is 2.21. The molecule has 0 radical (unpaired) electrons. The summed E-state index contributed by atoms with van der Waals surface area (Å²) < 4.78 is 0. The highest BCUT2D eigenvalue weighted by Crippen LogP contribution is 2.39. The van der Waals surface area contributed by atoms with Crippen molar-refractivity contribution < 1.29 is 14.7 Å². The highest BCUT2D eigenvalue weighted by atomic mass is 16.3. The van der Waals surface area contributed by atoms with Gasteiger partial charge in [-0.1, -0.05) is 38.1 Å². The van der Waals surface area contributed by atoms with E-state index in [1.807, 2.05) is 45.0 Å². The van der Waals surface area contributed by atoms with Crippen LogP contribution in [0.25, 0.3) is 0 Å². The highest BCUT2D eigenvalue weighted by molar-refractivity contribution is 6.05. The Kier molecular flexibility index (Phi) is 3.95. The lowest BCUT2D eigenvalue weighted by Gasteiger charge is -2.26. The van der Waals surface area contributed by atoms with Crippen molar-refractivity contribution in [1.82, 2.24) is 4.90 Å². The first-order valence-electron chi connectivity index (χ1n) is 6.92. The van der Waals surface area contributed by atoms with Crippen LogP contribution in [0.3, 0.4) is 0 Å². The number of benzene rings is 1. The molecule has 1 aromatic rings. The van der Waals surface area contributed by atoms with Gasteiger partial charge in [0.2, 0.25) is 11.8 Å². The highest BCUT2D eigenvalue weighted by Gasteiger charge is 2.49. The van der Waals surface area contributed by atoms with Gasteiger partial charge in [0, 0.05) is 6.42 Å². The van der Waals surface area contributed by atoms with Gasteiger partial charge in [-0.25, -0.2) is 0 Å². The minimum Gasteiger partial charge on any atom is -0.392 e. The first-order valence-corrected chi connectivity index (χ1v) is 6.92. The zero-order chi connectivity index (χ0) is 14.9. The summed E-state index contributed by atoms with van der Waals surface area (Å²) in [6, 6.07) is 7.33. The topological polar surface area (TPSA) is 57.6 Å². The van der Waals surface area contributed by atoms with Gasteiger partial charge in [0.15, 0.2) is 0 Å². The number of amides is 2. The van der Waals surface area contributed by atoms with Crippen LogP contribution in [-0.2, 0) is 22.7 Å². The van der Waals surface area contributed by atoms with Gasteiger partial charge < -0.3 is 5.11 Å². The summed E-state index contributed by atoms with van der Waals surface area (Å²) in [5.74, 6) is -0.0692. The lowest BCUT2D eigenvalue weighted by molar-refractivity contribution is -0.142. The maximum Gasteiger partial charge on any atom is 0.236 e. The number of rotatable bonds is 4. The molecule has 2 amide bonds. The van der Waals surface area contributed by atoms with Gasteiger partial charge in [-0.05, 0) is 24.0 Å². The van der Waals surface area contributed by atoms with E-state index in [4.69, 9.17) is 5.11 Å². The minimum absolute atomic E-state index is 0.0422. The smallest absolute Gasteiger partial charge is 0.236 e. The monoisotopic (exact) mass is 275 g/mol. The molecule has 1 unspecified atom stereocenters. The van der Waals surface area contributed by atoms with E-state index in [0.717, 1.165) is 11.1 Å². The number of carbonyl (C=O) groups excluding carboxylic acids is 2. The van der Waals surface area contributed by atoms with E-state index in [1.54, 1.807) is 0 Å². The number of carbonyl (C=O) groups is 2. The van der Waals surface area contributed by atoms with Crippen molar-refractivity contribution in [2.24, 2.45) is 11.3 Å². The number of aliphatic hydroxyl groups excluding tert-OH is 1. The van der Waals surface area contributed by atoms with Gasteiger partial charge in [-0.3, -0.25) is 14.5 Å². The molecule has 108 valence electrons. The van der Waals surface area contributed by atoms with Crippen molar-refractivity contribution in [1.29, 1.82) is 0 Å². The van der Waals surface area contributed by atoms with Crippen LogP contribution in [0.2, 0.25) is 0 Å². The van der Waals surface area contributed by atoms with Crippen molar-refractivity contribution in [2.45, 2.75) is 40.3 Å². The summed E-state index contributed by atoms with van der Waals surface area (Å²) in [7, 11) is 0. The summed E-state index contributed by atoms with van der Waals surface area (Å²) in [5, 5.41) is 9.14. The van der Waals surface area contributed by atoms with E-state index < -0.39 is 5.41 Å². The maximum atomic E-state index is 12.5. The molecule has 1 aliphatic heterocycles. The molecule has 4 heteroatoms. The molecular formula is C16H21NO3. The molecule has 0 aromatic heterocycles.